The number of likely N-dealkylation sites (tertiary alicyclic amines) is 1. The van der Waals surface area contributed by atoms with Crippen molar-refractivity contribution in [2.45, 2.75) is 44.7 Å². The second-order valence-corrected chi connectivity index (χ2v) is 7.54. The number of halogens is 1. The average molecular weight is 376 g/mol. The van der Waals surface area contributed by atoms with Gasteiger partial charge in [0.1, 0.15) is 11.6 Å². The number of fused-ring (bicyclic) bond motifs is 1. The van der Waals surface area contributed by atoms with Crippen molar-refractivity contribution in [1.82, 2.24) is 4.90 Å². The van der Waals surface area contributed by atoms with Crippen LogP contribution in [-0.2, 0) is 22.7 Å². The van der Waals surface area contributed by atoms with Crippen molar-refractivity contribution in [3.63, 3.8) is 0 Å². The van der Waals surface area contributed by atoms with Gasteiger partial charge in [-0.1, -0.05) is 6.42 Å². The van der Waals surface area contributed by atoms with Gasteiger partial charge < -0.3 is 15.2 Å². The van der Waals surface area contributed by atoms with E-state index in [0.29, 0.717) is 24.5 Å². The fraction of sp³-hybridized carbons (Fsp3) is 0.421. The minimum Gasteiger partial charge on any atom is -0.460 e. The number of piperidine rings is 1. The molecule has 0 aliphatic carbocycles. The SMILES string of the molecule is NC(=O)C1CCCCN1Cc1cc(F)cc2c1OC(c1ccsc1)OC2. The van der Waals surface area contributed by atoms with Crippen molar-refractivity contribution in [2.75, 3.05) is 6.54 Å². The van der Waals surface area contributed by atoms with Gasteiger partial charge in [-0.25, -0.2) is 4.39 Å². The van der Waals surface area contributed by atoms with E-state index < -0.39 is 6.29 Å². The van der Waals surface area contributed by atoms with E-state index >= 15 is 0 Å². The number of primary amides is 1. The monoisotopic (exact) mass is 376 g/mol. The predicted octanol–water partition coefficient (Wildman–Crippen LogP) is 3.33. The van der Waals surface area contributed by atoms with Gasteiger partial charge in [0.05, 0.1) is 12.6 Å². The number of hydrogen-bond acceptors (Lipinski definition) is 5. The van der Waals surface area contributed by atoms with Crippen LogP contribution in [0.15, 0.2) is 29.0 Å². The van der Waals surface area contributed by atoms with Gasteiger partial charge in [-0.15, -0.1) is 0 Å². The van der Waals surface area contributed by atoms with Crippen LogP contribution in [0.2, 0.25) is 0 Å². The molecule has 0 bridgehead atoms. The lowest BCUT2D eigenvalue weighted by Crippen LogP contribution is -2.47. The number of benzene rings is 1. The number of nitrogens with zero attached hydrogens (tertiary/aromatic N) is 1. The molecule has 0 saturated carbocycles. The number of rotatable bonds is 4. The predicted molar refractivity (Wildman–Crippen MR) is 96.1 cm³/mol. The standard InChI is InChI=1S/C19H21FN2O3S/c20-15-7-13(9-22-5-2-1-3-16(22)18(21)23)17-14(8-15)10-24-19(25-17)12-4-6-26-11-12/h4,6-8,11,16,19H,1-3,5,9-10H2,(H2,21,23). The molecule has 3 heterocycles. The Bertz CT molecular complexity index is 796. The highest BCUT2D eigenvalue weighted by atomic mass is 32.1. The Morgan fingerprint density at radius 3 is 3.04 bits per heavy atom. The highest BCUT2D eigenvalue weighted by molar-refractivity contribution is 7.07. The molecule has 1 amide bonds. The molecule has 2 atom stereocenters. The number of amides is 1. The van der Waals surface area contributed by atoms with Crippen LogP contribution in [0.3, 0.4) is 0 Å². The zero-order valence-electron chi connectivity index (χ0n) is 14.3. The number of nitrogens with two attached hydrogens (primary N) is 1. The molecule has 1 fully saturated rings. The Balaban J connectivity index is 1.62. The van der Waals surface area contributed by atoms with Gasteiger partial charge in [-0.05, 0) is 43.0 Å². The third kappa shape index (κ3) is 3.47. The zero-order valence-corrected chi connectivity index (χ0v) is 15.1. The summed E-state index contributed by atoms with van der Waals surface area (Å²) in [6.07, 6.45) is 2.24. The Labute approximate surface area is 155 Å². The summed E-state index contributed by atoms with van der Waals surface area (Å²) >= 11 is 1.57. The van der Waals surface area contributed by atoms with Gasteiger partial charge in [0.15, 0.2) is 0 Å². The van der Waals surface area contributed by atoms with Crippen LogP contribution in [0, 0.1) is 5.82 Å². The van der Waals surface area contributed by atoms with Gasteiger partial charge in [0, 0.05) is 28.6 Å². The fourth-order valence-corrected chi connectivity index (χ4v) is 4.35. The first kappa shape index (κ1) is 17.5. The molecule has 1 aromatic heterocycles. The van der Waals surface area contributed by atoms with Crippen LogP contribution < -0.4 is 10.5 Å². The topological polar surface area (TPSA) is 64.8 Å². The van der Waals surface area contributed by atoms with E-state index in [4.69, 9.17) is 15.2 Å². The molecule has 2 N–H and O–H groups in total. The Morgan fingerprint density at radius 2 is 2.27 bits per heavy atom. The first-order valence-electron chi connectivity index (χ1n) is 8.77. The summed E-state index contributed by atoms with van der Waals surface area (Å²) in [5.74, 6) is 0.00517. The normalized spacial score (nSPS) is 23.3. The molecule has 2 aliphatic rings. The summed E-state index contributed by atoms with van der Waals surface area (Å²) in [4.78, 5) is 13.8. The summed E-state index contributed by atoms with van der Waals surface area (Å²) in [6, 6.07) is 4.58. The van der Waals surface area contributed by atoms with Crippen molar-refractivity contribution in [3.05, 3.63) is 51.5 Å². The molecule has 4 rings (SSSR count). The van der Waals surface area contributed by atoms with E-state index in [1.807, 2.05) is 21.7 Å². The maximum atomic E-state index is 14.1. The van der Waals surface area contributed by atoms with Crippen LogP contribution in [0.4, 0.5) is 4.39 Å². The largest absolute Gasteiger partial charge is 0.460 e. The van der Waals surface area contributed by atoms with E-state index in [2.05, 4.69) is 0 Å². The smallest absolute Gasteiger partial charge is 0.234 e. The Kier molecular flexibility index (Phi) is 4.93. The maximum absolute atomic E-state index is 14.1. The van der Waals surface area contributed by atoms with Crippen molar-refractivity contribution in [2.24, 2.45) is 5.73 Å². The van der Waals surface area contributed by atoms with E-state index in [9.17, 15) is 9.18 Å². The second kappa shape index (κ2) is 7.34. The molecule has 26 heavy (non-hydrogen) atoms. The highest BCUT2D eigenvalue weighted by Gasteiger charge is 2.30. The molecule has 0 spiro atoms. The molecule has 1 aromatic carbocycles. The Hall–Kier alpha value is -1.96. The number of carbonyl (C=O) groups is 1. The Morgan fingerprint density at radius 1 is 1.38 bits per heavy atom. The van der Waals surface area contributed by atoms with Crippen molar-refractivity contribution >= 4 is 17.2 Å². The molecule has 5 nitrogen and oxygen atoms in total. The number of thiophene rings is 1. The van der Waals surface area contributed by atoms with Crippen molar-refractivity contribution < 1.29 is 18.7 Å². The number of hydrogen-bond donors (Lipinski definition) is 1. The van der Waals surface area contributed by atoms with E-state index in [1.165, 1.54) is 12.1 Å². The minimum atomic E-state index is -0.494. The fourth-order valence-electron chi connectivity index (χ4n) is 3.69. The van der Waals surface area contributed by atoms with E-state index in [1.54, 1.807) is 11.3 Å². The second-order valence-electron chi connectivity index (χ2n) is 6.76. The molecule has 2 aromatic rings. The van der Waals surface area contributed by atoms with Crippen LogP contribution in [-0.4, -0.2) is 23.4 Å². The molecule has 138 valence electrons. The van der Waals surface area contributed by atoms with Gasteiger partial charge in [0.25, 0.3) is 0 Å². The van der Waals surface area contributed by atoms with Gasteiger partial charge in [-0.3, -0.25) is 9.69 Å². The number of carbonyl (C=O) groups excluding carboxylic acids is 1. The van der Waals surface area contributed by atoms with Crippen LogP contribution in [0.5, 0.6) is 5.75 Å². The zero-order chi connectivity index (χ0) is 18.1. The summed E-state index contributed by atoms with van der Waals surface area (Å²) in [5.41, 5.74) is 7.94. The molecule has 2 aliphatic heterocycles. The molecule has 7 heteroatoms. The molecule has 1 saturated heterocycles. The molecule has 2 unspecified atom stereocenters. The van der Waals surface area contributed by atoms with Crippen molar-refractivity contribution in [1.29, 1.82) is 0 Å². The molecular formula is C19H21FN2O3S. The molecule has 0 radical (unpaired) electrons. The van der Waals surface area contributed by atoms with Crippen LogP contribution in [0.1, 0.15) is 42.2 Å². The maximum Gasteiger partial charge on any atom is 0.234 e. The third-order valence-corrected chi connectivity index (χ3v) is 5.65. The highest BCUT2D eigenvalue weighted by Crippen LogP contribution is 2.38. The third-order valence-electron chi connectivity index (χ3n) is 4.95. The van der Waals surface area contributed by atoms with Crippen LogP contribution >= 0.6 is 11.3 Å². The summed E-state index contributed by atoms with van der Waals surface area (Å²) in [5, 5.41) is 3.95. The molecular weight excluding hydrogens is 355 g/mol. The quantitative estimate of drug-likeness (QED) is 0.889. The van der Waals surface area contributed by atoms with Gasteiger partial charge >= 0.3 is 0 Å². The minimum absolute atomic E-state index is 0.292. The lowest BCUT2D eigenvalue weighted by molar-refractivity contribution is -0.125. The first-order chi connectivity index (χ1) is 12.6. The number of ether oxygens (including phenoxy) is 2. The lowest BCUT2D eigenvalue weighted by atomic mass is 9.99. The van der Waals surface area contributed by atoms with Gasteiger partial charge in [0.2, 0.25) is 12.2 Å². The summed E-state index contributed by atoms with van der Waals surface area (Å²) in [6.45, 7) is 1.49. The van der Waals surface area contributed by atoms with Crippen molar-refractivity contribution in [3.8, 4) is 5.75 Å². The van der Waals surface area contributed by atoms with E-state index in [0.717, 1.165) is 36.9 Å². The summed E-state index contributed by atoms with van der Waals surface area (Å²) < 4.78 is 25.9. The van der Waals surface area contributed by atoms with E-state index in [-0.39, 0.29) is 17.8 Å². The lowest BCUT2D eigenvalue weighted by Gasteiger charge is -2.35. The average Bonchev–Trinajstić information content (AvgIpc) is 3.16. The van der Waals surface area contributed by atoms with Gasteiger partial charge in [-0.2, -0.15) is 11.3 Å². The van der Waals surface area contributed by atoms with Crippen LogP contribution in [0.25, 0.3) is 0 Å². The summed E-state index contributed by atoms with van der Waals surface area (Å²) in [7, 11) is 0. The first-order valence-corrected chi connectivity index (χ1v) is 9.71.